The second-order valence-corrected chi connectivity index (χ2v) is 8.43. The number of Topliss-reactive ketones (excluding diaryl/α,β-unsaturated/α-hetero) is 1. The number of nitrogens with zero attached hydrogens (tertiary/aromatic N) is 1. The molecule has 0 fully saturated rings. The van der Waals surface area contributed by atoms with Gasteiger partial charge in [-0.15, -0.1) is 0 Å². The number of ketones is 1. The molecule has 1 aliphatic rings. The van der Waals surface area contributed by atoms with Crippen LogP contribution in [0.15, 0.2) is 59.0 Å². The molecule has 182 valence electrons. The predicted octanol–water partition coefficient (Wildman–Crippen LogP) is 4.65. The molecule has 0 atom stereocenters. The molecule has 0 radical (unpaired) electrons. The van der Waals surface area contributed by atoms with Crippen molar-refractivity contribution >= 4 is 34.9 Å². The van der Waals surface area contributed by atoms with Gasteiger partial charge in [-0.3, -0.25) is 19.3 Å². The highest BCUT2D eigenvalue weighted by atomic mass is 35.5. The van der Waals surface area contributed by atoms with E-state index < -0.39 is 0 Å². The maximum atomic E-state index is 12.8. The molecule has 8 nitrogen and oxygen atoms in total. The number of hydrogen-bond acceptors (Lipinski definition) is 6. The quantitative estimate of drug-likeness (QED) is 0.324. The third kappa shape index (κ3) is 6.02. The average Bonchev–Trinajstić information content (AvgIpc) is 3.33. The Hall–Kier alpha value is -3.78. The number of benzene rings is 2. The molecular weight excluding hydrogens is 472 g/mol. The molecule has 1 aromatic heterocycles. The molecule has 3 aromatic rings. The maximum Gasteiger partial charge on any atom is 0.286 e. The third-order valence-corrected chi connectivity index (χ3v) is 5.64. The molecule has 0 unspecified atom stereocenters. The monoisotopic (exact) mass is 496 g/mol. The van der Waals surface area contributed by atoms with Crippen LogP contribution in [-0.2, 0) is 11.3 Å². The zero-order valence-electron chi connectivity index (χ0n) is 19.2. The lowest BCUT2D eigenvalue weighted by molar-refractivity contribution is -0.121. The van der Waals surface area contributed by atoms with Crippen molar-refractivity contribution in [1.82, 2.24) is 5.32 Å². The van der Waals surface area contributed by atoms with E-state index in [1.807, 2.05) is 6.92 Å². The summed E-state index contributed by atoms with van der Waals surface area (Å²) in [5.74, 6) is 0.715. The van der Waals surface area contributed by atoms with Gasteiger partial charge in [0.05, 0.1) is 12.2 Å². The zero-order chi connectivity index (χ0) is 24.8. The van der Waals surface area contributed by atoms with Crippen LogP contribution in [0.1, 0.15) is 46.4 Å². The molecule has 9 heteroatoms. The number of hydrogen-bond donors (Lipinski definition) is 1. The van der Waals surface area contributed by atoms with Gasteiger partial charge in [0.1, 0.15) is 17.3 Å². The molecule has 0 saturated carbocycles. The van der Waals surface area contributed by atoms with E-state index in [0.29, 0.717) is 40.1 Å². The number of anilines is 1. The molecule has 4 rings (SSSR count). The highest BCUT2D eigenvalue weighted by Crippen LogP contribution is 2.34. The van der Waals surface area contributed by atoms with Gasteiger partial charge in [-0.25, -0.2) is 0 Å². The van der Waals surface area contributed by atoms with E-state index in [1.165, 1.54) is 4.90 Å². The fraction of sp³-hybridized carbons (Fsp3) is 0.269. The molecule has 2 amide bonds. The highest BCUT2D eigenvalue weighted by Gasteiger charge is 2.28. The van der Waals surface area contributed by atoms with Crippen LogP contribution in [0.4, 0.5) is 5.69 Å². The van der Waals surface area contributed by atoms with E-state index in [9.17, 15) is 14.4 Å². The number of furan rings is 1. The zero-order valence-corrected chi connectivity index (χ0v) is 20.0. The van der Waals surface area contributed by atoms with Crippen molar-refractivity contribution < 1.29 is 28.3 Å². The molecule has 1 aliphatic heterocycles. The molecule has 0 spiro atoms. The highest BCUT2D eigenvalue weighted by molar-refractivity contribution is 6.30. The van der Waals surface area contributed by atoms with Gasteiger partial charge >= 0.3 is 0 Å². The predicted molar refractivity (Wildman–Crippen MR) is 130 cm³/mol. The van der Waals surface area contributed by atoms with E-state index in [-0.39, 0.29) is 43.1 Å². The molecule has 2 heterocycles. The van der Waals surface area contributed by atoms with Gasteiger partial charge in [0.2, 0.25) is 0 Å². The molecule has 0 bridgehead atoms. The van der Waals surface area contributed by atoms with E-state index in [4.69, 9.17) is 25.5 Å². The molecule has 0 aliphatic carbocycles. The number of fused-ring (bicyclic) bond motifs is 1. The number of halogens is 1. The summed E-state index contributed by atoms with van der Waals surface area (Å²) in [5.41, 5.74) is 0.810. The van der Waals surface area contributed by atoms with Gasteiger partial charge in [-0.2, -0.15) is 0 Å². The topological polar surface area (TPSA) is 98.1 Å². The van der Waals surface area contributed by atoms with Crippen molar-refractivity contribution in [3.8, 4) is 11.5 Å². The van der Waals surface area contributed by atoms with Crippen molar-refractivity contribution in [2.24, 2.45) is 0 Å². The smallest absolute Gasteiger partial charge is 0.286 e. The third-order valence-electron chi connectivity index (χ3n) is 5.41. The molecule has 1 N–H and O–H groups in total. The molecule has 35 heavy (non-hydrogen) atoms. The second kappa shape index (κ2) is 11.1. The minimum absolute atomic E-state index is 0.0914. The van der Waals surface area contributed by atoms with E-state index in [0.717, 1.165) is 12.8 Å². The van der Waals surface area contributed by atoms with Crippen molar-refractivity contribution in [2.45, 2.75) is 26.3 Å². The lowest BCUT2D eigenvalue weighted by atomic mass is 10.1. The number of ether oxygens (including phenoxy) is 2. The van der Waals surface area contributed by atoms with Gasteiger partial charge in [0, 0.05) is 17.1 Å². The Morgan fingerprint density at radius 3 is 2.80 bits per heavy atom. The fourth-order valence-corrected chi connectivity index (χ4v) is 3.72. The summed E-state index contributed by atoms with van der Waals surface area (Å²) in [7, 11) is 0. The van der Waals surface area contributed by atoms with E-state index in [1.54, 1.807) is 54.6 Å². The summed E-state index contributed by atoms with van der Waals surface area (Å²) in [6, 6.07) is 14.9. The normalized spacial score (nSPS) is 12.6. The maximum absolute atomic E-state index is 12.8. The van der Waals surface area contributed by atoms with Crippen LogP contribution in [0.2, 0.25) is 5.02 Å². The van der Waals surface area contributed by atoms with Crippen molar-refractivity contribution in [1.29, 1.82) is 0 Å². The number of carbonyl (C=O) groups excluding carboxylic acids is 3. The van der Waals surface area contributed by atoms with Gasteiger partial charge in [-0.1, -0.05) is 31.0 Å². The number of amides is 2. The van der Waals surface area contributed by atoms with Gasteiger partial charge in [0.25, 0.3) is 11.8 Å². The van der Waals surface area contributed by atoms with Crippen LogP contribution in [0.25, 0.3) is 0 Å². The Morgan fingerprint density at radius 1 is 1.14 bits per heavy atom. The van der Waals surface area contributed by atoms with Crippen LogP contribution >= 0.6 is 11.6 Å². The summed E-state index contributed by atoms with van der Waals surface area (Å²) < 4.78 is 16.8. The Bertz CT molecular complexity index is 1240. The first-order chi connectivity index (χ1) is 16.9. The standard InChI is InChI=1S/C26H25ClN2O6/c1-2-3-11-28-26(32)24-10-8-20(35-24)14-29-21-12-17(7-9-23(21)34-16-25(29)31)22(30)15-33-19-6-4-5-18(27)13-19/h4-10,12-13H,2-3,11,14-16H2,1H3,(H,28,32). The lowest BCUT2D eigenvalue weighted by Gasteiger charge is -2.29. The molecule has 2 aromatic carbocycles. The van der Waals surface area contributed by atoms with Crippen molar-refractivity contribution in [2.75, 3.05) is 24.7 Å². The number of carbonyl (C=O) groups is 3. The van der Waals surface area contributed by atoms with Crippen molar-refractivity contribution in [3.63, 3.8) is 0 Å². The number of nitrogens with one attached hydrogen (secondary N) is 1. The summed E-state index contributed by atoms with van der Waals surface area (Å²) >= 11 is 5.95. The Balaban J connectivity index is 1.47. The molecular formula is C26H25ClN2O6. The van der Waals surface area contributed by atoms with E-state index >= 15 is 0 Å². The summed E-state index contributed by atoms with van der Waals surface area (Å²) in [5, 5.41) is 3.31. The number of unbranched alkanes of at least 4 members (excludes halogenated alkanes) is 1. The Kier molecular flexibility index (Phi) is 7.72. The Morgan fingerprint density at radius 2 is 2.00 bits per heavy atom. The van der Waals surface area contributed by atoms with Crippen LogP contribution in [0.5, 0.6) is 11.5 Å². The average molecular weight is 497 g/mol. The first-order valence-electron chi connectivity index (χ1n) is 11.3. The largest absolute Gasteiger partial charge is 0.485 e. The van der Waals surface area contributed by atoms with Gasteiger partial charge < -0.3 is 19.2 Å². The summed E-state index contributed by atoms with van der Waals surface area (Å²) in [6.07, 6.45) is 1.85. The second-order valence-electron chi connectivity index (χ2n) is 8.00. The first-order valence-corrected chi connectivity index (χ1v) is 11.7. The van der Waals surface area contributed by atoms with Gasteiger partial charge in [0.15, 0.2) is 24.8 Å². The summed E-state index contributed by atoms with van der Waals surface area (Å²) in [6.45, 7) is 2.37. The fourth-order valence-electron chi connectivity index (χ4n) is 3.54. The van der Waals surface area contributed by atoms with Crippen LogP contribution < -0.4 is 19.7 Å². The van der Waals surface area contributed by atoms with Crippen molar-refractivity contribution in [3.05, 3.63) is 76.7 Å². The first kappa shape index (κ1) is 24.3. The van der Waals surface area contributed by atoms with Crippen LogP contribution in [-0.4, -0.2) is 37.4 Å². The minimum Gasteiger partial charge on any atom is -0.485 e. The van der Waals surface area contributed by atoms with Gasteiger partial charge in [-0.05, 0) is 55.0 Å². The van der Waals surface area contributed by atoms with Crippen LogP contribution in [0.3, 0.4) is 0 Å². The van der Waals surface area contributed by atoms with Crippen LogP contribution in [0, 0.1) is 0 Å². The lowest BCUT2D eigenvalue weighted by Crippen LogP contribution is -2.38. The van der Waals surface area contributed by atoms with E-state index in [2.05, 4.69) is 5.32 Å². The molecule has 0 saturated heterocycles. The Labute approximate surface area is 207 Å². The SMILES string of the molecule is CCCCNC(=O)c1ccc(CN2C(=O)COc3ccc(C(=O)COc4cccc(Cl)c4)cc32)o1. The minimum atomic E-state index is -0.300. The summed E-state index contributed by atoms with van der Waals surface area (Å²) in [4.78, 5) is 39.1. The number of rotatable bonds is 10.